The van der Waals surface area contributed by atoms with Gasteiger partial charge in [-0.2, -0.15) is 0 Å². The molecule has 98 valence electrons. The average Bonchev–Trinajstić information content (AvgIpc) is 2.57. The van der Waals surface area contributed by atoms with Crippen LogP contribution in [0.15, 0.2) is 14.7 Å². The van der Waals surface area contributed by atoms with Crippen LogP contribution in [-0.4, -0.2) is 20.3 Å². The number of thiophene rings is 1. The van der Waals surface area contributed by atoms with Crippen LogP contribution in [0.5, 0.6) is 0 Å². The lowest BCUT2D eigenvalue weighted by Gasteiger charge is -2.15. The van der Waals surface area contributed by atoms with Crippen LogP contribution in [0.2, 0.25) is 0 Å². The predicted molar refractivity (Wildman–Crippen MR) is 76.5 cm³/mol. The minimum atomic E-state index is -3.43. The van der Waals surface area contributed by atoms with E-state index in [1.165, 1.54) is 11.3 Å². The van der Waals surface area contributed by atoms with E-state index in [9.17, 15) is 8.42 Å². The highest BCUT2D eigenvalue weighted by atomic mass is 79.9. The summed E-state index contributed by atoms with van der Waals surface area (Å²) in [5, 5.41) is 0. The van der Waals surface area contributed by atoms with Gasteiger partial charge in [0, 0.05) is 16.8 Å². The second-order valence-corrected chi connectivity index (χ2v) is 8.37. The van der Waals surface area contributed by atoms with E-state index < -0.39 is 10.0 Å². The maximum absolute atomic E-state index is 12.1. The number of aryl methyl sites for hydroxylation is 1. The van der Waals surface area contributed by atoms with E-state index in [4.69, 9.17) is 11.6 Å². The van der Waals surface area contributed by atoms with Crippen LogP contribution in [0.25, 0.3) is 0 Å². The molecule has 0 saturated carbocycles. The summed E-state index contributed by atoms with van der Waals surface area (Å²) in [4.78, 5) is 1.13. The Bertz CT molecular complexity index is 473. The van der Waals surface area contributed by atoms with Gasteiger partial charge in [0.25, 0.3) is 0 Å². The zero-order valence-corrected chi connectivity index (χ0v) is 13.6. The van der Waals surface area contributed by atoms with Crippen LogP contribution in [0.4, 0.5) is 0 Å². The Hall–Kier alpha value is 0.380. The fraction of sp³-hybridized carbons (Fsp3) is 0.600. The van der Waals surface area contributed by atoms with Crippen molar-refractivity contribution in [1.82, 2.24) is 4.72 Å². The number of sulfonamides is 1. The van der Waals surface area contributed by atoms with Gasteiger partial charge in [0.05, 0.1) is 8.68 Å². The van der Waals surface area contributed by atoms with Crippen molar-refractivity contribution in [2.45, 2.75) is 37.6 Å². The maximum Gasteiger partial charge on any atom is 0.241 e. The van der Waals surface area contributed by atoms with Crippen LogP contribution in [0, 0.1) is 6.92 Å². The number of hydrogen-bond acceptors (Lipinski definition) is 3. The molecule has 0 aromatic carbocycles. The minimum Gasteiger partial charge on any atom is -0.208 e. The molecule has 0 saturated heterocycles. The smallest absolute Gasteiger partial charge is 0.208 e. The van der Waals surface area contributed by atoms with Crippen molar-refractivity contribution < 1.29 is 8.42 Å². The molecule has 1 atom stereocenters. The lowest BCUT2D eigenvalue weighted by Crippen LogP contribution is -2.34. The van der Waals surface area contributed by atoms with Crippen molar-refractivity contribution in [2.24, 2.45) is 0 Å². The summed E-state index contributed by atoms with van der Waals surface area (Å²) in [5.41, 5.74) is 0. The molecule has 1 aromatic rings. The van der Waals surface area contributed by atoms with Crippen LogP contribution in [0.3, 0.4) is 0 Å². The fourth-order valence-electron chi connectivity index (χ4n) is 1.46. The molecule has 7 heteroatoms. The Kier molecular flexibility index (Phi) is 5.92. The van der Waals surface area contributed by atoms with Gasteiger partial charge < -0.3 is 0 Å². The van der Waals surface area contributed by atoms with Gasteiger partial charge in [0.1, 0.15) is 0 Å². The molecule has 3 nitrogen and oxygen atoms in total. The SMILES string of the molecule is CCC(CCCl)NS(=O)(=O)c1cc(Br)sc1C. The van der Waals surface area contributed by atoms with E-state index in [0.29, 0.717) is 17.2 Å². The Labute approximate surface area is 120 Å². The molecule has 0 aliphatic rings. The Morgan fingerprint density at radius 2 is 2.24 bits per heavy atom. The Morgan fingerprint density at radius 3 is 2.65 bits per heavy atom. The number of halogens is 2. The summed E-state index contributed by atoms with van der Waals surface area (Å²) < 4.78 is 27.8. The standard InChI is InChI=1S/C10H15BrClNO2S2/c1-3-8(4-5-12)13-17(14,15)9-6-10(11)16-7(9)2/h6,8,13H,3-5H2,1-2H3. The second kappa shape index (κ2) is 6.52. The van der Waals surface area contributed by atoms with Crippen molar-refractivity contribution >= 4 is 48.9 Å². The summed E-state index contributed by atoms with van der Waals surface area (Å²) in [5.74, 6) is 0.452. The molecule has 1 N–H and O–H groups in total. The molecule has 1 unspecified atom stereocenters. The van der Waals surface area contributed by atoms with E-state index in [0.717, 1.165) is 15.1 Å². The monoisotopic (exact) mass is 359 g/mol. The van der Waals surface area contributed by atoms with Crippen molar-refractivity contribution in [3.05, 3.63) is 14.7 Å². The summed E-state index contributed by atoms with van der Waals surface area (Å²) in [6, 6.07) is 1.53. The third-order valence-electron chi connectivity index (χ3n) is 2.40. The van der Waals surface area contributed by atoms with Gasteiger partial charge in [0.2, 0.25) is 10.0 Å². The second-order valence-electron chi connectivity index (χ2n) is 3.68. The highest BCUT2D eigenvalue weighted by Crippen LogP contribution is 2.29. The fourth-order valence-corrected chi connectivity index (χ4v) is 5.49. The van der Waals surface area contributed by atoms with Crippen molar-refractivity contribution in [3.63, 3.8) is 0 Å². The van der Waals surface area contributed by atoms with Crippen molar-refractivity contribution in [2.75, 3.05) is 5.88 Å². The molecule has 0 amide bonds. The van der Waals surface area contributed by atoms with Gasteiger partial charge in [-0.05, 0) is 41.8 Å². The van der Waals surface area contributed by atoms with Gasteiger partial charge in [-0.25, -0.2) is 13.1 Å². The van der Waals surface area contributed by atoms with Gasteiger partial charge in [-0.15, -0.1) is 22.9 Å². The van der Waals surface area contributed by atoms with Crippen LogP contribution < -0.4 is 4.72 Å². The normalized spacial score (nSPS) is 13.9. The Balaban J connectivity index is 2.92. The first-order valence-electron chi connectivity index (χ1n) is 5.25. The summed E-state index contributed by atoms with van der Waals surface area (Å²) >= 11 is 10.4. The average molecular weight is 361 g/mol. The van der Waals surface area contributed by atoms with Gasteiger partial charge in [0.15, 0.2) is 0 Å². The molecular formula is C10H15BrClNO2S2. The maximum atomic E-state index is 12.1. The number of rotatable bonds is 6. The third-order valence-corrected chi connectivity index (χ3v) is 5.95. The Morgan fingerprint density at radius 1 is 1.59 bits per heavy atom. The zero-order chi connectivity index (χ0) is 13.1. The van der Waals surface area contributed by atoms with Crippen LogP contribution in [-0.2, 0) is 10.0 Å². The van der Waals surface area contributed by atoms with E-state index in [2.05, 4.69) is 20.7 Å². The third kappa shape index (κ3) is 4.21. The molecule has 0 radical (unpaired) electrons. The quantitative estimate of drug-likeness (QED) is 0.789. The van der Waals surface area contributed by atoms with E-state index >= 15 is 0 Å². The van der Waals surface area contributed by atoms with Gasteiger partial charge >= 0.3 is 0 Å². The van der Waals surface area contributed by atoms with Crippen molar-refractivity contribution in [1.29, 1.82) is 0 Å². The van der Waals surface area contributed by atoms with Gasteiger partial charge in [-0.1, -0.05) is 6.92 Å². The first-order chi connectivity index (χ1) is 7.90. The minimum absolute atomic E-state index is 0.101. The molecule has 0 bridgehead atoms. The first kappa shape index (κ1) is 15.4. The number of nitrogens with one attached hydrogen (secondary N) is 1. The van der Waals surface area contributed by atoms with Crippen molar-refractivity contribution in [3.8, 4) is 0 Å². The van der Waals surface area contributed by atoms with Crippen LogP contribution >= 0.6 is 38.9 Å². The predicted octanol–water partition coefficient (Wildman–Crippen LogP) is 3.50. The molecule has 1 rings (SSSR count). The molecule has 0 spiro atoms. The highest BCUT2D eigenvalue weighted by molar-refractivity contribution is 9.11. The lowest BCUT2D eigenvalue weighted by atomic mass is 10.2. The van der Waals surface area contributed by atoms with E-state index in [-0.39, 0.29) is 6.04 Å². The molecule has 0 aliphatic carbocycles. The van der Waals surface area contributed by atoms with E-state index in [1.54, 1.807) is 13.0 Å². The molecule has 17 heavy (non-hydrogen) atoms. The molecule has 0 aliphatic heterocycles. The summed E-state index contributed by atoms with van der Waals surface area (Å²) in [6.07, 6.45) is 1.37. The van der Waals surface area contributed by atoms with E-state index in [1.807, 2.05) is 6.92 Å². The number of hydrogen-bond donors (Lipinski definition) is 1. The molecule has 1 aromatic heterocycles. The van der Waals surface area contributed by atoms with Crippen LogP contribution in [0.1, 0.15) is 24.6 Å². The molecule has 1 heterocycles. The zero-order valence-electron chi connectivity index (χ0n) is 9.66. The summed E-state index contributed by atoms with van der Waals surface area (Å²) in [7, 11) is -3.43. The first-order valence-corrected chi connectivity index (χ1v) is 8.87. The number of alkyl halides is 1. The molecular weight excluding hydrogens is 346 g/mol. The summed E-state index contributed by atoms with van der Waals surface area (Å²) in [6.45, 7) is 3.74. The highest BCUT2D eigenvalue weighted by Gasteiger charge is 2.22. The topological polar surface area (TPSA) is 46.2 Å². The largest absolute Gasteiger partial charge is 0.241 e. The van der Waals surface area contributed by atoms with Gasteiger partial charge in [-0.3, -0.25) is 0 Å². The molecule has 0 fully saturated rings. The lowest BCUT2D eigenvalue weighted by molar-refractivity contribution is 0.531.